The first-order valence-corrected chi connectivity index (χ1v) is 4.26. The molecule has 12 heavy (non-hydrogen) atoms. The average Bonchev–Trinajstić information content (AvgIpc) is 2.86. The van der Waals surface area contributed by atoms with Crippen molar-refractivity contribution in [1.82, 2.24) is 4.90 Å². The van der Waals surface area contributed by atoms with E-state index in [1.165, 1.54) is 5.57 Å². The fourth-order valence-electron chi connectivity index (χ4n) is 0.909. The van der Waals surface area contributed by atoms with Crippen LogP contribution in [-0.4, -0.2) is 30.6 Å². The lowest BCUT2D eigenvalue weighted by molar-refractivity contribution is -0.116. The van der Waals surface area contributed by atoms with Gasteiger partial charge in [-0.25, -0.2) is 0 Å². The molecule has 0 radical (unpaired) electrons. The number of rotatable bonds is 5. The van der Waals surface area contributed by atoms with Crippen molar-refractivity contribution in [2.75, 3.05) is 13.2 Å². The first-order chi connectivity index (χ1) is 5.76. The summed E-state index contributed by atoms with van der Waals surface area (Å²) in [5.74, 6) is 0. The summed E-state index contributed by atoms with van der Waals surface area (Å²) in [5, 5.41) is 0. The molecule has 0 saturated carbocycles. The number of allylic oxidation sites excluding steroid dienone is 1. The van der Waals surface area contributed by atoms with Crippen LogP contribution in [0, 0.1) is 0 Å². The van der Waals surface area contributed by atoms with Gasteiger partial charge in [0.2, 0.25) is 6.41 Å². The predicted molar refractivity (Wildman–Crippen MR) is 46.6 cm³/mol. The topological polar surface area (TPSA) is 32.8 Å². The van der Waals surface area contributed by atoms with E-state index in [2.05, 4.69) is 6.92 Å². The Hall–Kier alpha value is -0.830. The third-order valence-electron chi connectivity index (χ3n) is 1.90. The summed E-state index contributed by atoms with van der Waals surface area (Å²) in [6, 6.07) is 0. The maximum Gasteiger partial charge on any atom is 0.213 e. The molecule has 3 heteroatoms. The second kappa shape index (κ2) is 4.26. The lowest BCUT2D eigenvalue weighted by Crippen LogP contribution is -2.20. The normalized spacial score (nSPS) is 22.2. The van der Waals surface area contributed by atoms with Gasteiger partial charge >= 0.3 is 0 Å². The van der Waals surface area contributed by atoms with Crippen LogP contribution in [0.15, 0.2) is 11.8 Å². The lowest BCUT2D eigenvalue weighted by atomic mass is 10.2. The number of ether oxygens (including phenoxy) is 1. The molecule has 0 N–H and O–H groups in total. The van der Waals surface area contributed by atoms with Gasteiger partial charge in [0.25, 0.3) is 0 Å². The van der Waals surface area contributed by atoms with E-state index in [0.717, 1.165) is 19.4 Å². The van der Waals surface area contributed by atoms with E-state index in [4.69, 9.17) is 4.74 Å². The molecule has 1 saturated heterocycles. The number of amides is 1. The molecular weight excluding hydrogens is 154 g/mol. The zero-order chi connectivity index (χ0) is 8.97. The van der Waals surface area contributed by atoms with Crippen molar-refractivity contribution < 1.29 is 9.53 Å². The molecule has 0 aliphatic carbocycles. The fourth-order valence-corrected chi connectivity index (χ4v) is 0.909. The van der Waals surface area contributed by atoms with Crippen LogP contribution in [0.5, 0.6) is 0 Å². The average molecular weight is 169 g/mol. The van der Waals surface area contributed by atoms with Crippen molar-refractivity contribution in [2.24, 2.45) is 0 Å². The molecule has 68 valence electrons. The summed E-state index contributed by atoms with van der Waals surface area (Å²) in [4.78, 5) is 12.2. The van der Waals surface area contributed by atoms with Gasteiger partial charge in [0.15, 0.2) is 0 Å². The van der Waals surface area contributed by atoms with E-state index in [0.29, 0.717) is 6.54 Å². The summed E-state index contributed by atoms with van der Waals surface area (Å²) in [7, 11) is 0. The van der Waals surface area contributed by atoms with Crippen molar-refractivity contribution in [3.8, 4) is 0 Å². The van der Waals surface area contributed by atoms with E-state index in [1.807, 2.05) is 13.1 Å². The van der Waals surface area contributed by atoms with Crippen molar-refractivity contribution in [2.45, 2.75) is 26.4 Å². The monoisotopic (exact) mass is 169 g/mol. The Balaban J connectivity index is 2.37. The van der Waals surface area contributed by atoms with Crippen LogP contribution in [0.1, 0.15) is 20.3 Å². The second-order valence-electron chi connectivity index (χ2n) is 3.09. The SMILES string of the molecule is CCC(C)=CN(C=O)CC1CO1. The molecule has 1 fully saturated rings. The maximum absolute atomic E-state index is 10.5. The third-order valence-corrected chi connectivity index (χ3v) is 1.90. The third kappa shape index (κ3) is 3.05. The van der Waals surface area contributed by atoms with Crippen molar-refractivity contribution in [3.05, 3.63) is 11.8 Å². The maximum atomic E-state index is 10.5. The van der Waals surface area contributed by atoms with Gasteiger partial charge in [0.1, 0.15) is 0 Å². The highest BCUT2D eigenvalue weighted by Crippen LogP contribution is 2.11. The molecule has 1 unspecified atom stereocenters. The fraction of sp³-hybridized carbons (Fsp3) is 0.667. The number of nitrogens with zero attached hydrogens (tertiary/aromatic N) is 1. The van der Waals surface area contributed by atoms with Crippen molar-refractivity contribution in [1.29, 1.82) is 0 Å². The molecule has 0 aromatic heterocycles. The Labute approximate surface area is 73.0 Å². The standard InChI is InChI=1S/C9H15NO2/c1-3-8(2)4-10(7-11)5-9-6-12-9/h4,7,9H,3,5-6H2,1-2H3. The molecule has 0 bridgehead atoms. The van der Waals surface area contributed by atoms with E-state index < -0.39 is 0 Å². The van der Waals surface area contributed by atoms with Crippen LogP contribution < -0.4 is 0 Å². The van der Waals surface area contributed by atoms with Gasteiger partial charge in [0, 0.05) is 6.20 Å². The zero-order valence-electron chi connectivity index (χ0n) is 7.62. The molecule has 1 atom stereocenters. The van der Waals surface area contributed by atoms with Crippen LogP contribution in [-0.2, 0) is 9.53 Å². The summed E-state index contributed by atoms with van der Waals surface area (Å²) in [6.45, 7) is 5.58. The number of hydrogen-bond donors (Lipinski definition) is 0. The quantitative estimate of drug-likeness (QED) is 0.457. The first-order valence-electron chi connectivity index (χ1n) is 4.26. The lowest BCUT2D eigenvalue weighted by Gasteiger charge is -2.11. The van der Waals surface area contributed by atoms with Crippen molar-refractivity contribution in [3.63, 3.8) is 0 Å². The highest BCUT2D eigenvalue weighted by Gasteiger charge is 2.24. The van der Waals surface area contributed by atoms with Gasteiger partial charge in [-0.15, -0.1) is 0 Å². The Bertz CT molecular complexity index is 185. The van der Waals surface area contributed by atoms with Crippen LogP contribution in [0.4, 0.5) is 0 Å². The van der Waals surface area contributed by atoms with Gasteiger partial charge < -0.3 is 9.64 Å². The van der Waals surface area contributed by atoms with E-state index >= 15 is 0 Å². The Morgan fingerprint density at radius 3 is 2.83 bits per heavy atom. The Morgan fingerprint density at radius 2 is 2.42 bits per heavy atom. The number of epoxide rings is 1. The van der Waals surface area contributed by atoms with Gasteiger partial charge in [-0.2, -0.15) is 0 Å². The van der Waals surface area contributed by atoms with Gasteiger partial charge in [-0.05, 0) is 13.3 Å². The molecule has 3 nitrogen and oxygen atoms in total. The van der Waals surface area contributed by atoms with Crippen LogP contribution in [0.25, 0.3) is 0 Å². The smallest absolute Gasteiger partial charge is 0.213 e. The minimum Gasteiger partial charge on any atom is -0.371 e. The van der Waals surface area contributed by atoms with E-state index in [1.54, 1.807) is 4.90 Å². The molecule has 1 rings (SSSR count). The molecule has 1 amide bonds. The minimum atomic E-state index is 0.274. The number of carbonyl (C=O) groups is 1. The minimum absolute atomic E-state index is 0.274. The van der Waals surface area contributed by atoms with Crippen LogP contribution in [0.2, 0.25) is 0 Å². The Kier molecular flexibility index (Phi) is 3.29. The van der Waals surface area contributed by atoms with E-state index in [9.17, 15) is 4.79 Å². The summed E-state index contributed by atoms with van der Waals surface area (Å²) < 4.78 is 5.03. The first kappa shape index (κ1) is 9.26. The molecule has 0 aromatic rings. The van der Waals surface area contributed by atoms with Crippen molar-refractivity contribution >= 4 is 6.41 Å². The zero-order valence-corrected chi connectivity index (χ0v) is 7.62. The molecular formula is C9H15NO2. The summed E-state index contributed by atoms with van der Waals surface area (Å²) >= 11 is 0. The van der Waals surface area contributed by atoms with E-state index in [-0.39, 0.29) is 6.10 Å². The molecule has 1 aliphatic heterocycles. The molecule has 0 spiro atoms. The molecule has 0 aromatic carbocycles. The van der Waals surface area contributed by atoms with Gasteiger partial charge in [-0.1, -0.05) is 12.5 Å². The van der Waals surface area contributed by atoms with Crippen LogP contribution >= 0.6 is 0 Å². The van der Waals surface area contributed by atoms with Gasteiger partial charge in [-0.3, -0.25) is 4.79 Å². The van der Waals surface area contributed by atoms with Gasteiger partial charge in [0.05, 0.1) is 19.3 Å². The summed E-state index contributed by atoms with van der Waals surface area (Å²) in [5.41, 5.74) is 1.21. The number of hydrogen-bond acceptors (Lipinski definition) is 2. The number of carbonyl (C=O) groups excluding carboxylic acids is 1. The molecule has 1 heterocycles. The largest absolute Gasteiger partial charge is 0.371 e. The summed E-state index contributed by atoms with van der Waals surface area (Å²) in [6.07, 6.45) is 3.99. The highest BCUT2D eigenvalue weighted by atomic mass is 16.6. The predicted octanol–water partition coefficient (Wildman–Crippen LogP) is 1.16. The second-order valence-corrected chi connectivity index (χ2v) is 3.09. The Morgan fingerprint density at radius 1 is 1.75 bits per heavy atom. The highest BCUT2D eigenvalue weighted by molar-refractivity contribution is 5.49. The van der Waals surface area contributed by atoms with Crippen LogP contribution in [0.3, 0.4) is 0 Å². The molecule has 1 aliphatic rings.